The summed E-state index contributed by atoms with van der Waals surface area (Å²) in [6, 6.07) is 18.9. The van der Waals surface area contributed by atoms with Crippen LogP contribution in [0.3, 0.4) is 0 Å². The first-order valence-electron chi connectivity index (χ1n) is 10.8. The molecule has 0 aliphatic rings. The number of aromatic nitrogens is 3. The number of methoxy groups -OCH3 is 1. The Balaban J connectivity index is 1.74. The van der Waals surface area contributed by atoms with Crippen LogP contribution in [-0.2, 0) is 20.2 Å². The van der Waals surface area contributed by atoms with E-state index in [1.54, 1.807) is 18.2 Å². The highest BCUT2D eigenvalue weighted by molar-refractivity contribution is 7.86. The van der Waals surface area contributed by atoms with E-state index in [2.05, 4.69) is 25.6 Å². The molecular weight excluding hydrogens is 534 g/mol. The maximum Gasteiger partial charge on any atom is 0.322 e. The summed E-state index contributed by atoms with van der Waals surface area (Å²) in [5, 5.41) is 5.75. The minimum atomic E-state index is -4.80. The predicted octanol–water partition coefficient (Wildman–Crippen LogP) is 4.03. The normalized spacial score (nSPS) is 11.9. The molecule has 0 radical (unpaired) electrons. The smallest absolute Gasteiger partial charge is 0.322 e. The van der Waals surface area contributed by atoms with Crippen LogP contribution in [0, 0.1) is 0 Å². The lowest BCUT2D eigenvalue weighted by Gasteiger charge is -2.13. The number of para-hydroxylation sites is 1. The van der Waals surface area contributed by atoms with E-state index in [0.29, 0.717) is 5.69 Å². The molecule has 0 spiro atoms. The van der Waals surface area contributed by atoms with E-state index >= 15 is 0 Å². The van der Waals surface area contributed by atoms with Gasteiger partial charge in [-0.2, -0.15) is 31.8 Å². The second-order valence-corrected chi connectivity index (χ2v) is 10.4. The number of nitrogens with zero attached hydrogens (tertiary/aromatic N) is 3. The van der Waals surface area contributed by atoms with Gasteiger partial charge in [-0.1, -0.05) is 60.7 Å². The van der Waals surface area contributed by atoms with Crippen LogP contribution in [-0.4, -0.2) is 48.0 Å². The Hall–Kier alpha value is -4.37. The molecule has 38 heavy (non-hydrogen) atoms. The Morgan fingerprint density at radius 1 is 0.711 bits per heavy atom. The van der Waals surface area contributed by atoms with E-state index < -0.39 is 25.1 Å². The minimum absolute atomic E-state index is 0.0197. The molecule has 0 bridgehead atoms. The molecule has 4 N–H and O–H groups in total. The number of benzene rings is 3. The molecule has 0 unspecified atom stereocenters. The molecule has 1 aromatic heterocycles. The number of hydrogen-bond acceptors (Lipinski definition) is 10. The van der Waals surface area contributed by atoms with Gasteiger partial charge in [-0.25, -0.2) is 0 Å². The van der Waals surface area contributed by atoms with Crippen LogP contribution in [0.5, 0.6) is 6.01 Å². The Bertz CT molecular complexity index is 1710. The first-order valence-corrected chi connectivity index (χ1v) is 13.7. The SMILES string of the molecule is COc1nc(Nc2ccccc2)nc(Nc2cccc(/C=C/c3ccccc3S(=O)(=O)O)c2S(=O)(=O)O)n1. The molecule has 0 fully saturated rings. The van der Waals surface area contributed by atoms with Gasteiger partial charge in [-0.05, 0) is 35.4 Å². The van der Waals surface area contributed by atoms with Crippen molar-refractivity contribution >= 4 is 55.7 Å². The van der Waals surface area contributed by atoms with Crippen molar-refractivity contribution in [3.63, 3.8) is 0 Å². The average molecular weight is 556 g/mol. The minimum Gasteiger partial charge on any atom is -0.467 e. The van der Waals surface area contributed by atoms with E-state index in [0.717, 1.165) is 0 Å². The lowest BCUT2D eigenvalue weighted by atomic mass is 10.1. The van der Waals surface area contributed by atoms with E-state index in [-0.39, 0.29) is 39.6 Å². The van der Waals surface area contributed by atoms with Crippen molar-refractivity contribution < 1.29 is 30.7 Å². The molecule has 3 aromatic carbocycles. The number of rotatable bonds is 9. The van der Waals surface area contributed by atoms with Crippen LogP contribution >= 0.6 is 0 Å². The number of ether oxygens (including phenoxy) is 1. The summed E-state index contributed by atoms with van der Waals surface area (Å²) < 4.78 is 72.8. The van der Waals surface area contributed by atoms with Crippen LogP contribution < -0.4 is 15.4 Å². The van der Waals surface area contributed by atoms with Crippen molar-refractivity contribution in [3.8, 4) is 6.01 Å². The van der Waals surface area contributed by atoms with Gasteiger partial charge in [0.1, 0.15) is 9.79 Å². The van der Waals surface area contributed by atoms with Gasteiger partial charge in [0.2, 0.25) is 11.9 Å². The van der Waals surface area contributed by atoms with Gasteiger partial charge in [0.15, 0.2) is 0 Å². The van der Waals surface area contributed by atoms with Crippen LogP contribution in [0.25, 0.3) is 12.2 Å². The van der Waals surface area contributed by atoms with Crippen LogP contribution in [0.2, 0.25) is 0 Å². The van der Waals surface area contributed by atoms with Crippen LogP contribution in [0.1, 0.15) is 11.1 Å². The monoisotopic (exact) mass is 555 g/mol. The zero-order chi connectivity index (χ0) is 27.3. The Morgan fingerprint density at radius 3 is 1.97 bits per heavy atom. The quantitative estimate of drug-likeness (QED) is 0.172. The Morgan fingerprint density at radius 2 is 1.32 bits per heavy atom. The van der Waals surface area contributed by atoms with Crippen molar-refractivity contribution in [3.05, 3.63) is 83.9 Å². The van der Waals surface area contributed by atoms with E-state index in [1.165, 1.54) is 55.7 Å². The Labute approximate surface area is 218 Å². The molecule has 14 heteroatoms. The van der Waals surface area contributed by atoms with Crippen molar-refractivity contribution in [1.82, 2.24) is 15.0 Å². The number of anilines is 4. The van der Waals surface area contributed by atoms with Crippen molar-refractivity contribution in [2.45, 2.75) is 9.79 Å². The topological polar surface area (TPSA) is 181 Å². The van der Waals surface area contributed by atoms with Gasteiger partial charge in [-0.3, -0.25) is 9.11 Å². The van der Waals surface area contributed by atoms with Crippen molar-refractivity contribution in [2.24, 2.45) is 0 Å². The molecule has 196 valence electrons. The van der Waals surface area contributed by atoms with Crippen molar-refractivity contribution in [2.75, 3.05) is 17.7 Å². The maximum atomic E-state index is 12.4. The summed E-state index contributed by atoms with van der Waals surface area (Å²) in [5.74, 6) is 0.0230. The summed E-state index contributed by atoms with van der Waals surface area (Å²) >= 11 is 0. The fourth-order valence-electron chi connectivity index (χ4n) is 3.44. The molecular formula is C24H21N5O7S2. The summed E-state index contributed by atoms with van der Waals surface area (Å²) in [5.41, 5.74) is 0.735. The summed E-state index contributed by atoms with van der Waals surface area (Å²) in [6.45, 7) is 0. The summed E-state index contributed by atoms with van der Waals surface area (Å²) in [7, 11) is -7.98. The van der Waals surface area contributed by atoms with Gasteiger partial charge in [0, 0.05) is 5.69 Å². The molecule has 1 heterocycles. The average Bonchev–Trinajstić information content (AvgIpc) is 2.87. The van der Waals surface area contributed by atoms with E-state index in [4.69, 9.17) is 4.74 Å². The molecule has 4 aromatic rings. The predicted molar refractivity (Wildman–Crippen MR) is 141 cm³/mol. The van der Waals surface area contributed by atoms with Gasteiger partial charge in [-0.15, -0.1) is 0 Å². The van der Waals surface area contributed by atoms with E-state index in [1.807, 2.05) is 18.2 Å². The standard InChI is InChI=1S/C24H21N5O7S2/c1-36-24-28-22(25-18-10-3-2-4-11-18)27-23(29-24)26-19-12-7-9-17(21(19)38(33,34)35)15-14-16-8-5-6-13-20(16)37(30,31)32/h2-15H,1H3,(H,30,31,32)(H,33,34,35)(H2,25,26,27,28,29)/b15-14+. The molecule has 0 atom stereocenters. The highest BCUT2D eigenvalue weighted by Crippen LogP contribution is 2.30. The summed E-state index contributed by atoms with van der Waals surface area (Å²) in [4.78, 5) is 11.6. The largest absolute Gasteiger partial charge is 0.467 e. The van der Waals surface area contributed by atoms with E-state index in [9.17, 15) is 25.9 Å². The van der Waals surface area contributed by atoms with Crippen LogP contribution in [0.15, 0.2) is 82.6 Å². The zero-order valence-corrected chi connectivity index (χ0v) is 21.3. The zero-order valence-electron chi connectivity index (χ0n) is 19.7. The molecule has 0 aliphatic heterocycles. The third-order valence-electron chi connectivity index (χ3n) is 5.02. The molecule has 12 nitrogen and oxygen atoms in total. The molecule has 4 rings (SSSR count). The third-order valence-corrected chi connectivity index (χ3v) is 6.92. The highest BCUT2D eigenvalue weighted by Gasteiger charge is 2.21. The van der Waals surface area contributed by atoms with Gasteiger partial charge >= 0.3 is 6.01 Å². The maximum absolute atomic E-state index is 12.4. The van der Waals surface area contributed by atoms with Gasteiger partial charge < -0.3 is 15.4 Å². The van der Waals surface area contributed by atoms with Crippen LogP contribution in [0.4, 0.5) is 23.3 Å². The number of hydrogen-bond donors (Lipinski definition) is 4. The number of nitrogens with one attached hydrogen (secondary N) is 2. The second-order valence-electron chi connectivity index (χ2n) is 7.63. The second kappa shape index (κ2) is 10.9. The molecule has 0 amide bonds. The first kappa shape index (κ1) is 26.7. The van der Waals surface area contributed by atoms with Gasteiger partial charge in [0.05, 0.1) is 12.8 Å². The van der Waals surface area contributed by atoms with Crippen molar-refractivity contribution in [1.29, 1.82) is 0 Å². The lowest BCUT2D eigenvalue weighted by molar-refractivity contribution is 0.380. The highest BCUT2D eigenvalue weighted by atomic mass is 32.2. The lowest BCUT2D eigenvalue weighted by Crippen LogP contribution is -2.09. The summed E-state index contributed by atoms with van der Waals surface area (Å²) in [6.07, 6.45) is 2.58. The molecule has 0 saturated carbocycles. The fourth-order valence-corrected chi connectivity index (χ4v) is 4.95. The third kappa shape index (κ3) is 6.49. The Kier molecular flexibility index (Phi) is 7.68. The molecule has 0 saturated heterocycles. The van der Waals surface area contributed by atoms with Gasteiger partial charge in [0.25, 0.3) is 20.2 Å². The fraction of sp³-hybridized carbons (Fsp3) is 0.0417. The first-order chi connectivity index (χ1) is 18.0. The molecule has 0 aliphatic carbocycles.